The summed E-state index contributed by atoms with van der Waals surface area (Å²) in [6, 6.07) is 14.7. The van der Waals surface area contributed by atoms with E-state index in [1.165, 1.54) is 29.7 Å². The van der Waals surface area contributed by atoms with Gasteiger partial charge in [-0.3, -0.25) is 0 Å². The number of para-hydroxylation sites is 1. The SMILES string of the molecule is CCc1cccc(C)c1Nc1nncc(Nc2ccc(N3CCCC3)cc2)n1. The Balaban J connectivity index is 1.48. The number of benzene rings is 2. The fourth-order valence-corrected chi connectivity index (χ4v) is 3.61. The zero-order valence-electron chi connectivity index (χ0n) is 16.4. The Morgan fingerprint density at radius 1 is 1.00 bits per heavy atom. The molecule has 0 aliphatic carbocycles. The number of aryl methyl sites for hydroxylation is 2. The first-order valence-corrected chi connectivity index (χ1v) is 9.90. The maximum Gasteiger partial charge on any atom is 0.249 e. The van der Waals surface area contributed by atoms with Gasteiger partial charge in [0.05, 0.1) is 6.20 Å². The minimum atomic E-state index is 0.489. The summed E-state index contributed by atoms with van der Waals surface area (Å²) in [4.78, 5) is 7.00. The van der Waals surface area contributed by atoms with Crippen molar-refractivity contribution >= 4 is 28.8 Å². The number of aromatic nitrogens is 3. The van der Waals surface area contributed by atoms with Crippen molar-refractivity contribution in [2.75, 3.05) is 28.6 Å². The van der Waals surface area contributed by atoms with E-state index >= 15 is 0 Å². The lowest BCUT2D eigenvalue weighted by Crippen LogP contribution is -2.17. The topological polar surface area (TPSA) is 66.0 Å². The molecule has 1 saturated heterocycles. The van der Waals surface area contributed by atoms with Crippen molar-refractivity contribution in [3.63, 3.8) is 0 Å². The zero-order chi connectivity index (χ0) is 19.3. The summed E-state index contributed by atoms with van der Waals surface area (Å²) in [7, 11) is 0. The lowest BCUT2D eigenvalue weighted by Gasteiger charge is -2.18. The molecule has 2 aromatic carbocycles. The molecule has 4 rings (SSSR count). The standard InChI is InChI=1S/C22H26N6/c1-3-17-8-6-7-16(2)21(17)26-22-25-20(15-23-27-22)24-18-9-11-19(12-10-18)28-13-4-5-14-28/h6-12,15H,3-5,13-14H2,1-2H3,(H2,24,25,26,27). The molecule has 0 unspecified atom stereocenters. The van der Waals surface area contributed by atoms with Crippen molar-refractivity contribution < 1.29 is 0 Å². The highest BCUT2D eigenvalue weighted by molar-refractivity contribution is 5.65. The zero-order valence-corrected chi connectivity index (χ0v) is 16.4. The largest absolute Gasteiger partial charge is 0.372 e. The Bertz CT molecular complexity index is 932. The number of nitrogens with one attached hydrogen (secondary N) is 2. The van der Waals surface area contributed by atoms with Crippen LogP contribution in [0.2, 0.25) is 0 Å². The van der Waals surface area contributed by atoms with E-state index in [0.29, 0.717) is 11.8 Å². The van der Waals surface area contributed by atoms with Gasteiger partial charge in [-0.25, -0.2) is 0 Å². The predicted octanol–water partition coefficient (Wildman–Crippen LogP) is 4.83. The highest BCUT2D eigenvalue weighted by atomic mass is 15.3. The molecular weight excluding hydrogens is 348 g/mol. The van der Waals surface area contributed by atoms with E-state index < -0.39 is 0 Å². The highest BCUT2D eigenvalue weighted by Crippen LogP contribution is 2.25. The molecule has 3 aromatic rings. The normalized spacial score (nSPS) is 13.6. The third kappa shape index (κ3) is 4.06. The predicted molar refractivity (Wildman–Crippen MR) is 115 cm³/mol. The lowest BCUT2D eigenvalue weighted by molar-refractivity contribution is 0.949. The average molecular weight is 374 g/mol. The quantitative estimate of drug-likeness (QED) is 0.644. The Kier molecular flexibility index (Phi) is 5.37. The Morgan fingerprint density at radius 2 is 1.79 bits per heavy atom. The molecule has 2 N–H and O–H groups in total. The molecule has 0 radical (unpaired) electrons. The van der Waals surface area contributed by atoms with Crippen LogP contribution in [0.3, 0.4) is 0 Å². The van der Waals surface area contributed by atoms with Gasteiger partial charge in [0.25, 0.3) is 0 Å². The van der Waals surface area contributed by atoms with Crippen LogP contribution in [-0.4, -0.2) is 28.3 Å². The second-order valence-corrected chi connectivity index (χ2v) is 7.12. The highest BCUT2D eigenvalue weighted by Gasteiger charge is 2.12. The molecule has 0 spiro atoms. The molecule has 1 aliphatic rings. The number of rotatable bonds is 6. The Labute approximate surface area is 166 Å². The lowest BCUT2D eigenvalue weighted by atomic mass is 10.1. The minimum Gasteiger partial charge on any atom is -0.372 e. The summed E-state index contributed by atoms with van der Waals surface area (Å²) >= 11 is 0. The van der Waals surface area contributed by atoms with Crippen LogP contribution in [0, 0.1) is 6.92 Å². The van der Waals surface area contributed by atoms with Crippen molar-refractivity contribution in [1.82, 2.24) is 15.2 Å². The van der Waals surface area contributed by atoms with Gasteiger partial charge in [0.1, 0.15) is 0 Å². The second-order valence-electron chi connectivity index (χ2n) is 7.12. The number of anilines is 5. The fourth-order valence-electron chi connectivity index (χ4n) is 3.61. The summed E-state index contributed by atoms with van der Waals surface area (Å²) in [5.74, 6) is 1.15. The average Bonchev–Trinajstić information content (AvgIpc) is 3.25. The molecule has 0 bridgehead atoms. The van der Waals surface area contributed by atoms with Crippen LogP contribution in [0.4, 0.5) is 28.8 Å². The van der Waals surface area contributed by atoms with Crippen molar-refractivity contribution in [3.8, 4) is 0 Å². The maximum atomic E-state index is 4.57. The van der Waals surface area contributed by atoms with Crippen molar-refractivity contribution in [2.24, 2.45) is 0 Å². The Morgan fingerprint density at radius 3 is 2.54 bits per heavy atom. The van der Waals surface area contributed by atoms with Crippen LogP contribution in [0.15, 0.2) is 48.7 Å². The first-order chi connectivity index (χ1) is 13.7. The maximum absolute atomic E-state index is 4.57. The van der Waals surface area contributed by atoms with E-state index in [1.54, 1.807) is 6.20 Å². The van der Waals surface area contributed by atoms with E-state index in [-0.39, 0.29) is 0 Å². The number of hydrogen-bond donors (Lipinski definition) is 2. The number of nitrogens with zero attached hydrogens (tertiary/aromatic N) is 4. The van der Waals surface area contributed by atoms with Crippen LogP contribution in [-0.2, 0) is 6.42 Å². The molecule has 1 fully saturated rings. The minimum absolute atomic E-state index is 0.489. The molecule has 6 nitrogen and oxygen atoms in total. The monoisotopic (exact) mass is 374 g/mol. The van der Waals surface area contributed by atoms with E-state index in [2.05, 4.69) is 87.0 Å². The van der Waals surface area contributed by atoms with Gasteiger partial charge >= 0.3 is 0 Å². The molecule has 1 aliphatic heterocycles. The van der Waals surface area contributed by atoms with Crippen LogP contribution in [0.1, 0.15) is 30.9 Å². The van der Waals surface area contributed by atoms with Gasteiger partial charge in [-0.05, 0) is 61.6 Å². The molecule has 1 aromatic heterocycles. The van der Waals surface area contributed by atoms with E-state index in [1.807, 2.05) is 0 Å². The smallest absolute Gasteiger partial charge is 0.249 e. The summed E-state index contributed by atoms with van der Waals surface area (Å²) < 4.78 is 0. The molecule has 0 atom stereocenters. The molecule has 28 heavy (non-hydrogen) atoms. The van der Waals surface area contributed by atoms with Crippen molar-refractivity contribution in [1.29, 1.82) is 0 Å². The van der Waals surface area contributed by atoms with Gasteiger partial charge < -0.3 is 15.5 Å². The van der Waals surface area contributed by atoms with Crippen LogP contribution in [0.5, 0.6) is 0 Å². The molecular formula is C22H26N6. The van der Waals surface area contributed by atoms with Gasteiger partial charge in [-0.15, -0.1) is 5.10 Å². The fraction of sp³-hybridized carbons (Fsp3) is 0.318. The Hall–Kier alpha value is -3.15. The second kappa shape index (κ2) is 8.25. The van der Waals surface area contributed by atoms with E-state index in [9.17, 15) is 0 Å². The third-order valence-corrected chi connectivity index (χ3v) is 5.15. The summed E-state index contributed by atoms with van der Waals surface area (Å²) in [5, 5.41) is 14.9. The molecule has 2 heterocycles. The van der Waals surface area contributed by atoms with Gasteiger partial charge in [0, 0.05) is 30.2 Å². The van der Waals surface area contributed by atoms with E-state index in [0.717, 1.165) is 30.9 Å². The summed E-state index contributed by atoms with van der Waals surface area (Å²) in [6.45, 7) is 6.52. The first-order valence-electron chi connectivity index (χ1n) is 9.90. The van der Waals surface area contributed by atoms with Crippen LogP contribution in [0.25, 0.3) is 0 Å². The van der Waals surface area contributed by atoms with Gasteiger partial charge in [-0.2, -0.15) is 10.1 Å². The summed E-state index contributed by atoms with van der Waals surface area (Å²) in [5.41, 5.74) is 5.72. The molecule has 0 amide bonds. The van der Waals surface area contributed by atoms with Gasteiger partial charge in [0.2, 0.25) is 5.95 Å². The molecule has 6 heteroatoms. The third-order valence-electron chi connectivity index (χ3n) is 5.15. The molecule has 144 valence electrons. The van der Waals surface area contributed by atoms with Gasteiger partial charge in [0.15, 0.2) is 5.82 Å². The summed E-state index contributed by atoms with van der Waals surface area (Å²) in [6.07, 6.45) is 5.14. The van der Waals surface area contributed by atoms with Crippen molar-refractivity contribution in [2.45, 2.75) is 33.1 Å². The number of hydrogen-bond acceptors (Lipinski definition) is 6. The van der Waals surface area contributed by atoms with Gasteiger partial charge in [-0.1, -0.05) is 25.1 Å². The van der Waals surface area contributed by atoms with E-state index in [4.69, 9.17) is 0 Å². The van der Waals surface area contributed by atoms with Crippen LogP contribution >= 0.6 is 0 Å². The van der Waals surface area contributed by atoms with Crippen molar-refractivity contribution in [3.05, 3.63) is 59.8 Å². The molecule has 0 saturated carbocycles. The first kappa shape index (κ1) is 18.2. The van der Waals surface area contributed by atoms with Crippen LogP contribution < -0.4 is 15.5 Å².